The first kappa shape index (κ1) is 16.5. The van der Waals surface area contributed by atoms with E-state index in [0.29, 0.717) is 0 Å². The van der Waals surface area contributed by atoms with Crippen LogP contribution in [0.15, 0.2) is 62.5 Å². The van der Waals surface area contributed by atoms with Crippen molar-refractivity contribution in [2.24, 2.45) is 4.99 Å². The maximum Gasteiger partial charge on any atom is 0.0875 e. The Balaban J connectivity index is 1.96. The van der Waals surface area contributed by atoms with Crippen LogP contribution >= 0.6 is 31.9 Å². The van der Waals surface area contributed by atoms with Crippen LogP contribution in [0.2, 0.25) is 0 Å². The van der Waals surface area contributed by atoms with Gasteiger partial charge in [0.2, 0.25) is 0 Å². The Bertz CT molecular complexity index is 792. The third kappa shape index (κ3) is 4.33. The SMILES string of the molecule is CC1(C)CC(/C=C/c2cccc(Br)c2)=Nc2cc(Br)ccc2N1. The summed E-state index contributed by atoms with van der Waals surface area (Å²) in [6.45, 7) is 4.40. The highest BCUT2D eigenvalue weighted by atomic mass is 79.9. The second kappa shape index (κ2) is 6.62. The largest absolute Gasteiger partial charge is 0.378 e. The lowest BCUT2D eigenvalue weighted by Crippen LogP contribution is -2.32. The van der Waals surface area contributed by atoms with E-state index in [0.717, 1.165) is 38.0 Å². The maximum atomic E-state index is 4.86. The number of hydrogen-bond acceptors (Lipinski definition) is 2. The van der Waals surface area contributed by atoms with E-state index in [1.54, 1.807) is 0 Å². The van der Waals surface area contributed by atoms with Gasteiger partial charge in [0.25, 0.3) is 0 Å². The quantitative estimate of drug-likeness (QED) is 0.567. The van der Waals surface area contributed by atoms with Gasteiger partial charge in [0, 0.05) is 26.6 Å². The van der Waals surface area contributed by atoms with Gasteiger partial charge in [-0.25, -0.2) is 0 Å². The summed E-state index contributed by atoms with van der Waals surface area (Å²) in [5.74, 6) is 0. The van der Waals surface area contributed by atoms with Crippen molar-refractivity contribution in [2.75, 3.05) is 5.32 Å². The normalized spacial score (nSPS) is 16.4. The van der Waals surface area contributed by atoms with Crippen molar-refractivity contribution >= 4 is 55.0 Å². The van der Waals surface area contributed by atoms with Crippen LogP contribution in [0.5, 0.6) is 0 Å². The molecule has 1 aliphatic heterocycles. The summed E-state index contributed by atoms with van der Waals surface area (Å²) in [4.78, 5) is 4.86. The van der Waals surface area contributed by atoms with Gasteiger partial charge in [-0.3, -0.25) is 4.99 Å². The summed E-state index contributed by atoms with van der Waals surface area (Å²) in [6.07, 6.45) is 5.09. The van der Waals surface area contributed by atoms with Crippen LogP contribution in [0.3, 0.4) is 0 Å². The predicted molar refractivity (Wildman–Crippen MR) is 107 cm³/mol. The van der Waals surface area contributed by atoms with Crippen molar-refractivity contribution in [1.29, 1.82) is 0 Å². The molecule has 0 atom stereocenters. The summed E-state index contributed by atoms with van der Waals surface area (Å²) >= 11 is 7.04. The van der Waals surface area contributed by atoms with Crippen molar-refractivity contribution in [3.8, 4) is 0 Å². The van der Waals surface area contributed by atoms with Gasteiger partial charge in [-0.15, -0.1) is 0 Å². The van der Waals surface area contributed by atoms with E-state index >= 15 is 0 Å². The number of rotatable bonds is 2. The fourth-order valence-corrected chi connectivity index (χ4v) is 3.42. The molecule has 1 N–H and O–H groups in total. The number of anilines is 1. The van der Waals surface area contributed by atoms with Gasteiger partial charge in [0.05, 0.1) is 11.4 Å². The Morgan fingerprint density at radius 3 is 2.61 bits per heavy atom. The minimum absolute atomic E-state index is 0.0421. The zero-order chi connectivity index (χ0) is 16.4. The molecule has 0 spiro atoms. The zero-order valence-electron chi connectivity index (χ0n) is 13.1. The number of nitrogens with zero attached hydrogens (tertiary/aromatic N) is 1. The molecule has 0 aliphatic carbocycles. The molecule has 1 heterocycles. The Morgan fingerprint density at radius 1 is 1.04 bits per heavy atom. The summed E-state index contributed by atoms with van der Waals surface area (Å²) in [7, 11) is 0. The maximum absolute atomic E-state index is 4.86. The lowest BCUT2D eigenvalue weighted by atomic mass is 9.96. The predicted octanol–water partition coefficient (Wildman–Crippen LogP) is 6.59. The molecule has 2 aromatic rings. The van der Waals surface area contributed by atoms with E-state index in [-0.39, 0.29) is 5.54 Å². The van der Waals surface area contributed by atoms with Crippen molar-refractivity contribution in [3.63, 3.8) is 0 Å². The van der Waals surface area contributed by atoms with Gasteiger partial charge < -0.3 is 5.32 Å². The zero-order valence-corrected chi connectivity index (χ0v) is 16.3. The molecular formula is C19H18Br2N2. The summed E-state index contributed by atoms with van der Waals surface area (Å²) in [5, 5.41) is 3.59. The molecule has 3 rings (SSSR count). The molecule has 23 heavy (non-hydrogen) atoms. The van der Waals surface area contributed by atoms with Gasteiger partial charge in [-0.05, 0) is 55.8 Å². The minimum Gasteiger partial charge on any atom is -0.378 e. The van der Waals surface area contributed by atoms with Gasteiger partial charge in [0.1, 0.15) is 0 Å². The van der Waals surface area contributed by atoms with E-state index in [2.05, 4.69) is 87.4 Å². The number of allylic oxidation sites excluding steroid dienone is 1. The Morgan fingerprint density at radius 2 is 1.83 bits per heavy atom. The minimum atomic E-state index is -0.0421. The number of benzene rings is 2. The van der Waals surface area contributed by atoms with Gasteiger partial charge in [0.15, 0.2) is 0 Å². The van der Waals surface area contributed by atoms with Gasteiger partial charge in [-0.1, -0.05) is 50.1 Å². The lowest BCUT2D eigenvalue weighted by molar-refractivity contribution is 0.596. The molecule has 0 radical (unpaired) electrons. The number of fused-ring (bicyclic) bond motifs is 1. The monoisotopic (exact) mass is 432 g/mol. The summed E-state index contributed by atoms with van der Waals surface area (Å²) in [5.41, 5.74) is 4.23. The average molecular weight is 434 g/mol. The van der Waals surface area contributed by atoms with Crippen molar-refractivity contribution in [3.05, 3.63) is 63.0 Å². The molecule has 0 unspecified atom stereocenters. The third-order valence-electron chi connectivity index (χ3n) is 3.64. The highest BCUT2D eigenvalue weighted by Gasteiger charge is 2.23. The summed E-state index contributed by atoms with van der Waals surface area (Å²) in [6, 6.07) is 14.4. The topological polar surface area (TPSA) is 24.4 Å². The van der Waals surface area contributed by atoms with Crippen molar-refractivity contribution < 1.29 is 0 Å². The van der Waals surface area contributed by atoms with Crippen LogP contribution in [0, 0.1) is 0 Å². The molecule has 2 nitrogen and oxygen atoms in total. The van der Waals surface area contributed by atoms with E-state index in [9.17, 15) is 0 Å². The number of halogens is 2. The highest BCUT2D eigenvalue weighted by molar-refractivity contribution is 9.10. The fraction of sp³-hybridized carbons (Fsp3) is 0.211. The second-order valence-corrected chi connectivity index (χ2v) is 8.17. The average Bonchev–Trinajstić information content (AvgIpc) is 2.59. The van der Waals surface area contributed by atoms with Crippen LogP contribution in [0.4, 0.5) is 11.4 Å². The Kier molecular flexibility index (Phi) is 4.74. The molecule has 0 aromatic heterocycles. The van der Waals surface area contributed by atoms with Crippen LogP contribution in [-0.2, 0) is 0 Å². The molecule has 4 heteroatoms. The molecule has 0 saturated heterocycles. The van der Waals surface area contributed by atoms with Crippen LogP contribution in [0.1, 0.15) is 25.8 Å². The molecule has 118 valence electrons. The molecule has 0 amide bonds. The first-order valence-corrected chi connectivity index (χ1v) is 9.09. The van der Waals surface area contributed by atoms with Crippen molar-refractivity contribution in [2.45, 2.75) is 25.8 Å². The Labute approximate surface area is 154 Å². The van der Waals surface area contributed by atoms with Crippen LogP contribution in [0.25, 0.3) is 6.08 Å². The molecule has 0 bridgehead atoms. The number of nitrogens with one attached hydrogen (secondary N) is 1. The number of aliphatic imine (C=N–C) groups is 1. The summed E-state index contributed by atoms with van der Waals surface area (Å²) < 4.78 is 2.12. The Hall–Kier alpha value is -1.39. The van der Waals surface area contributed by atoms with Crippen LogP contribution in [-0.4, -0.2) is 11.3 Å². The molecule has 2 aromatic carbocycles. The molecule has 0 fully saturated rings. The van der Waals surface area contributed by atoms with E-state index in [4.69, 9.17) is 4.99 Å². The number of hydrogen-bond donors (Lipinski definition) is 1. The van der Waals surface area contributed by atoms with Crippen molar-refractivity contribution in [1.82, 2.24) is 0 Å². The highest BCUT2D eigenvalue weighted by Crippen LogP contribution is 2.35. The molecule has 1 aliphatic rings. The first-order chi connectivity index (χ1) is 10.9. The second-order valence-electron chi connectivity index (χ2n) is 6.34. The molecular weight excluding hydrogens is 416 g/mol. The van der Waals surface area contributed by atoms with E-state index in [1.807, 2.05) is 18.2 Å². The van der Waals surface area contributed by atoms with Gasteiger partial charge >= 0.3 is 0 Å². The van der Waals surface area contributed by atoms with E-state index in [1.165, 1.54) is 0 Å². The standard InChI is InChI=1S/C19H18Br2N2/c1-19(2)12-16(8-6-13-4-3-5-14(20)10-13)22-18-11-15(21)7-9-17(18)23-19/h3-11,23H,12H2,1-2H3/b8-6+. The fourth-order valence-electron chi connectivity index (χ4n) is 2.66. The lowest BCUT2D eigenvalue weighted by Gasteiger charge is -2.25. The smallest absolute Gasteiger partial charge is 0.0875 e. The first-order valence-electron chi connectivity index (χ1n) is 7.50. The van der Waals surface area contributed by atoms with Gasteiger partial charge in [-0.2, -0.15) is 0 Å². The van der Waals surface area contributed by atoms with E-state index < -0.39 is 0 Å². The van der Waals surface area contributed by atoms with Crippen LogP contribution < -0.4 is 5.32 Å². The molecule has 0 saturated carbocycles. The third-order valence-corrected chi connectivity index (χ3v) is 4.62.